The molecule has 0 heterocycles. The van der Waals surface area contributed by atoms with E-state index in [1.54, 1.807) is 32.2 Å². The number of benzene rings is 1. The Labute approximate surface area is 95.1 Å². The van der Waals surface area contributed by atoms with E-state index in [0.717, 1.165) is 4.90 Å². The molecule has 1 aromatic rings. The molecule has 82 valence electrons. The Morgan fingerprint density at radius 1 is 1.60 bits per heavy atom. The third-order valence-corrected chi connectivity index (χ3v) is 2.26. The zero-order chi connectivity index (χ0) is 11.4. The fraction of sp³-hybridized carbons (Fsp3) is 0.364. The van der Waals surface area contributed by atoms with Crippen LogP contribution in [0.2, 0.25) is 0 Å². The number of amides is 1. The molecular weight excluding hydrogens is 210 g/mol. The number of carbonyl (C=O) groups is 1. The van der Waals surface area contributed by atoms with Gasteiger partial charge in [-0.2, -0.15) is 0 Å². The highest BCUT2D eigenvalue weighted by Crippen LogP contribution is 2.10. The van der Waals surface area contributed by atoms with Crippen molar-refractivity contribution in [1.29, 1.82) is 0 Å². The minimum Gasteiger partial charge on any atom is -0.392 e. The lowest BCUT2D eigenvalue weighted by atomic mass is 10.2. The number of hydrogen-bond acceptors (Lipinski definition) is 3. The van der Waals surface area contributed by atoms with E-state index in [2.05, 4.69) is 12.6 Å². The zero-order valence-electron chi connectivity index (χ0n) is 8.84. The number of carbonyl (C=O) groups excluding carboxylic acids is 1. The highest BCUT2D eigenvalue weighted by atomic mass is 32.1. The van der Waals surface area contributed by atoms with E-state index in [9.17, 15) is 4.79 Å². The lowest BCUT2D eigenvalue weighted by Crippen LogP contribution is -2.33. The maximum atomic E-state index is 11.8. The van der Waals surface area contributed by atoms with Crippen molar-refractivity contribution in [3.8, 4) is 0 Å². The molecule has 0 saturated carbocycles. The van der Waals surface area contributed by atoms with Gasteiger partial charge < -0.3 is 10.0 Å². The maximum absolute atomic E-state index is 11.8. The van der Waals surface area contributed by atoms with Crippen LogP contribution in [-0.4, -0.2) is 35.6 Å². The average molecular weight is 225 g/mol. The van der Waals surface area contributed by atoms with Gasteiger partial charge in [0.05, 0.1) is 6.10 Å². The monoisotopic (exact) mass is 225 g/mol. The van der Waals surface area contributed by atoms with Crippen molar-refractivity contribution >= 4 is 18.5 Å². The Morgan fingerprint density at radius 2 is 2.27 bits per heavy atom. The van der Waals surface area contributed by atoms with Gasteiger partial charge in [-0.25, -0.2) is 0 Å². The standard InChI is InChI=1S/C11H15NO2S/c1-8(13)7-12(2)11(14)9-4-3-5-10(15)6-9/h3-6,8,13,15H,7H2,1-2H3. The number of thiol groups is 1. The van der Waals surface area contributed by atoms with E-state index in [1.165, 1.54) is 4.90 Å². The fourth-order valence-corrected chi connectivity index (χ4v) is 1.56. The summed E-state index contributed by atoms with van der Waals surface area (Å²) in [6.07, 6.45) is -0.516. The van der Waals surface area contributed by atoms with Crippen LogP contribution in [0.25, 0.3) is 0 Å². The number of aliphatic hydroxyl groups excluding tert-OH is 1. The van der Waals surface area contributed by atoms with Gasteiger partial charge in [0.2, 0.25) is 0 Å². The summed E-state index contributed by atoms with van der Waals surface area (Å²) in [7, 11) is 1.67. The zero-order valence-corrected chi connectivity index (χ0v) is 9.74. The Morgan fingerprint density at radius 3 is 2.80 bits per heavy atom. The Bertz CT molecular complexity index is 352. The molecule has 3 nitrogen and oxygen atoms in total. The highest BCUT2D eigenvalue weighted by Gasteiger charge is 2.12. The fourth-order valence-electron chi connectivity index (χ4n) is 1.34. The lowest BCUT2D eigenvalue weighted by molar-refractivity contribution is 0.0703. The van der Waals surface area contributed by atoms with E-state index in [1.807, 2.05) is 6.07 Å². The van der Waals surface area contributed by atoms with E-state index >= 15 is 0 Å². The predicted octanol–water partition coefficient (Wildman–Crippen LogP) is 1.43. The average Bonchev–Trinajstić information content (AvgIpc) is 2.15. The van der Waals surface area contributed by atoms with Crippen molar-refractivity contribution in [3.05, 3.63) is 29.8 Å². The van der Waals surface area contributed by atoms with Crippen LogP contribution in [0.5, 0.6) is 0 Å². The summed E-state index contributed by atoms with van der Waals surface area (Å²) in [5.74, 6) is -0.105. The Hall–Kier alpha value is -1.00. The minimum absolute atomic E-state index is 0.105. The highest BCUT2D eigenvalue weighted by molar-refractivity contribution is 7.80. The van der Waals surface area contributed by atoms with Gasteiger partial charge in [-0.3, -0.25) is 4.79 Å². The summed E-state index contributed by atoms with van der Waals surface area (Å²) in [6, 6.07) is 7.05. The number of likely N-dealkylation sites (N-methyl/N-ethyl adjacent to an activating group) is 1. The second-order valence-electron chi connectivity index (χ2n) is 3.59. The van der Waals surface area contributed by atoms with Gasteiger partial charge in [-0.1, -0.05) is 6.07 Å². The van der Waals surface area contributed by atoms with Crippen molar-refractivity contribution < 1.29 is 9.90 Å². The number of hydrogen-bond donors (Lipinski definition) is 2. The number of aliphatic hydroxyl groups is 1. The molecule has 1 unspecified atom stereocenters. The first-order valence-electron chi connectivity index (χ1n) is 4.73. The SMILES string of the molecule is CC(O)CN(C)C(=O)c1cccc(S)c1. The predicted molar refractivity (Wildman–Crippen MR) is 62.3 cm³/mol. The van der Waals surface area contributed by atoms with Gasteiger partial charge in [0, 0.05) is 24.1 Å². The van der Waals surface area contributed by atoms with Crippen LogP contribution >= 0.6 is 12.6 Å². The second kappa shape index (κ2) is 5.19. The van der Waals surface area contributed by atoms with Gasteiger partial charge >= 0.3 is 0 Å². The van der Waals surface area contributed by atoms with Crippen LogP contribution in [0.15, 0.2) is 29.2 Å². The summed E-state index contributed by atoms with van der Waals surface area (Å²) in [4.78, 5) is 14.1. The number of nitrogens with zero attached hydrogens (tertiary/aromatic N) is 1. The first-order valence-corrected chi connectivity index (χ1v) is 5.18. The van der Waals surface area contributed by atoms with Gasteiger partial charge in [-0.05, 0) is 25.1 Å². The molecule has 0 radical (unpaired) electrons. The molecule has 1 N–H and O–H groups in total. The van der Waals surface area contributed by atoms with Gasteiger partial charge in [0.15, 0.2) is 0 Å². The van der Waals surface area contributed by atoms with Gasteiger partial charge in [-0.15, -0.1) is 12.6 Å². The molecule has 0 bridgehead atoms. The van der Waals surface area contributed by atoms with Crippen molar-refractivity contribution in [2.75, 3.05) is 13.6 Å². The van der Waals surface area contributed by atoms with E-state index < -0.39 is 6.10 Å². The van der Waals surface area contributed by atoms with Crippen molar-refractivity contribution in [1.82, 2.24) is 4.90 Å². The third kappa shape index (κ3) is 3.57. The van der Waals surface area contributed by atoms with Crippen LogP contribution < -0.4 is 0 Å². The summed E-state index contributed by atoms with van der Waals surface area (Å²) < 4.78 is 0. The van der Waals surface area contributed by atoms with Crippen molar-refractivity contribution in [2.45, 2.75) is 17.9 Å². The van der Waals surface area contributed by atoms with Gasteiger partial charge in [0.25, 0.3) is 5.91 Å². The molecule has 0 spiro atoms. The first-order chi connectivity index (χ1) is 7.00. The van der Waals surface area contributed by atoms with Crippen LogP contribution in [-0.2, 0) is 0 Å². The summed E-state index contributed by atoms with van der Waals surface area (Å²) in [6.45, 7) is 1.98. The van der Waals surface area contributed by atoms with Crippen LogP contribution in [0.1, 0.15) is 17.3 Å². The molecule has 1 atom stereocenters. The molecule has 0 aromatic heterocycles. The molecule has 1 rings (SSSR count). The topological polar surface area (TPSA) is 40.5 Å². The molecule has 0 aliphatic carbocycles. The summed E-state index contributed by atoms with van der Waals surface area (Å²) in [5, 5.41) is 9.16. The molecule has 1 aromatic carbocycles. The lowest BCUT2D eigenvalue weighted by Gasteiger charge is -2.18. The number of rotatable bonds is 3. The summed E-state index contributed by atoms with van der Waals surface area (Å²) >= 11 is 4.17. The molecular formula is C11H15NO2S. The van der Waals surface area contributed by atoms with Crippen LogP contribution in [0.4, 0.5) is 0 Å². The van der Waals surface area contributed by atoms with Crippen molar-refractivity contribution in [3.63, 3.8) is 0 Å². The van der Waals surface area contributed by atoms with E-state index in [-0.39, 0.29) is 5.91 Å². The van der Waals surface area contributed by atoms with E-state index in [4.69, 9.17) is 5.11 Å². The normalized spacial score (nSPS) is 12.3. The van der Waals surface area contributed by atoms with Crippen LogP contribution in [0, 0.1) is 0 Å². The molecule has 0 fully saturated rings. The molecule has 1 amide bonds. The van der Waals surface area contributed by atoms with E-state index in [0.29, 0.717) is 12.1 Å². The van der Waals surface area contributed by atoms with Gasteiger partial charge in [0.1, 0.15) is 0 Å². The Balaban J connectivity index is 2.76. The summed E-state index contributed by atoms with van der Waals surface area (Å²) in [5.41, 5.74) is 0.589. The third-order valence-electron chi connectivity index (χ3n) is 1.98. The Kier molecular flexibility index (Phi) is 4.17. The maximum Gasteiger partial charge on any atom is 0.253 e. The molecule has 4 heteroatoms. The second-order valence-corrected chi connectivity index (χ2v) is 4.10. The molecule has 15 heavy (non-hydrogen) atoms. The molecule has 0 aliphatic heterocycles. The molecule has 0 aliphatic rings. The largest absolute Gasteiger partial charge is 0.392 e. The molecule has 0 saturated heterocycles. The van der Waals surface area contributed by atoms with Crippen molar-refractivity contribution in [2.24, 2.45) is 0 Å². The quantitative estimate of drug-likeness (QED) is 0.764. The smallest absolute Gasteiger partial charge is 0.253 e. The van der Waals surface area contributed by atoms with Crippen LogP contribution in [0.3, 0.4) is 0 Å². The minimum atomic E-state index is -0.516. The first kappa shape index (κ1) is 12.1.